The van der Waals surface area contributed by atoms with Gasteiger partial charge in [0.05, 0.1) is 18.0 Å². The molecule has 0 aliphatic carbocycles. The Kier molecular flexibility index (Phi) is 5.16. The standard InChI is InChI=1S/C19H21F3N4O4/c1-11-10-29-14-7-12(15-24-16(30-25-15)19(20,21)22)8-23-13(14)9-26(11)17(27)18(2)3-5-28-6-4-18/h7-8,11H,3-6,9-10H2,1-2H3/t11-/m0/s1. The van der Waals surface area contributed by atoms with E-state index in [2.05, 4.69) is 19.6 Å². The maximum Gasteiger partial charge on any atom is 0.471 e. The summed E-state index contributed by atoms with van der Waals surface area (Å²) >= 11 is 0. The summed E-state index contributed by atoms with van der Waals surface area (Å²) in [4.78, 5) is 22.7. The Morgan fingerprint density at radius 1 is 1.30 bits per heavy atom. The lowest BCUT2D eigenvalue weighted by atomic mass is 9.80. The molecule has 0 spiro atoms. The minimum Gasteiger partial charge on any atom is -0.489 e. The van der Waals surface area contributed by atoms with Gasteiger partial charge in [-0.1, -0.05) is 12.1 Å². The van der Waals surface area contributed by atoms with E-state index < -0.39 is 17.5 Å². The number of pyridine rings is 1. The highest BCUT2D eigenvalue weighted by atomic mass is 19.4. The summed E-state index contributed by atoms with van der Waals surface area (Å²) in [7, 11) is 0. The van der Waals surface area contributed by atoms with Gasteiger partial charge in [-0.05, 0) is 25.8 Å². The van der Waals surface area contributed by atoms with Crippen LogP contribution in [-0.4, -0.2) is 51.8 Å². The highest BCUT2D eigenvalue weighted by molar-refractivity contribution is 5.83. The average Bonchev–Trinajstić information content (AvgIpc) is 3.15. The van der Waals surface area contributed by atoms with Crippen molar-refractivity contribution in [3.8, 4) is 17.1 Å². The van der Waals surface area contributed by atoms with Gasteiger partial charge in [0.15, 0.2) is 0 Å². The van der Waals surface area contributed by atoms with Crippen LogP contribution in [0, 0.1) is 5.41 Å². The quantitative estimate of drug-likeness (QED) is 0.729. The highest BCUT2D eigenvalue weighted by Crippen LogP contribution is 2.36. The Balaban J connectivity index is 1.59. The molecule has 0 radical (unpaired) electrons. The molecule has 2 aromatic rings. The lowest BCUT2D eigenvalue weighted by Crippen LogP contribution is -2.49. The topological polar surface area (TPSA) is 90.6 Å². The van der Waals surface area contributed by atoms with Crippen LogP contribution in [0.4, 0.5) is 13.2 Å². The van der Waals surface area contributed by atoms with Crippen LogP contribution in [0.3, 0.4) is 0 Å². The number of nitrogens with zero attached hydrogens (tertiary/aromatic N) is 4. The van der Waals surface area contributed by atoms with E-state index in [1.54, 1.807) is 4.90 Å². The first-order valence-electron chi connectivity index (χ1n) is 9.59. The molecule has 0 bridgehead atoms. The number of ether oxygens (including phenoxy) is 2. The van der Waals surface area contributed by atoms with Gasteiger partial charge >= 0.3 is 12.1 Å². The van der Waals surface area contributed by atoms with Crippen molar-refractivity contribution in [1.82, 2.24) is 20.0 Å². The number of hydrogen-bond acceptors (Lipinski definition) is 7. The summed E-state index contributed by atoms with van der Waals surface area (Å²) in [6.07, 6.45) is -2.08. The smallest absolute Gasteiger partial charge is 0.471 e. The molecule has 2 aliphatic heterocycles. The van der Waals surface area contributed by atoms with E-state index >= 15 is 0 Å². The number of carbonyl (C=O) groups is 1. The van der Waals surface area contributed by atoms with Gasteiger partial charge in [0, 0.05) is 25.0 Å². The molecule has 0 aromatic carbocycles. The van der Waals surface area contributed by atoms with Gasteiger partial charge in [-0.3, -0.25) is 9.78 Å². The largest absolute Gasteiger partial charge is 0.489 e. The van der Waals surface area contributed by atoms with Crippen LogP contribution in [0.25, 0.3) is 11.4 Å². The van der Waals surface area contributed by atoms with E-state index in [0.717, 1.165) is 0 Å². The summed E-state index contributed by atoms with van der Waals surface area (Å²) in [5.74, 6) is -1.26. The molecule has 0 N–H and O–H groups in total. The number of rotatable bonds is 2. The van der Waals surface area contributed by atoms with Gasteiger partial charge in [0.1, 0.15) is 18.1 Å². The van der Waals surface area contributed by atoms with Crippen LogP contribution in [-0.2, 0) is 22.3 Å². The minimum atomic E-state index is -4.72. The normalized spacial score (nSPS) is 21.5. The third-order valence-corrected chi connectivity index (χ3v) is 5.56. The van der Waals surface area contributed by atoms with Gasteiger partial charge in [0.2, 0.25) is 11.7 Å². The Morgan fingerprint density at radius 2 is 2.03 bits per heavy atom. The number of aromatic nitrogens is 3. The fourth-order valence-electron chi connectivity index (χ4n) is 3.57. The molecule has 1 atom stereocenters. The van der Waals surface area contributed by atoms with Crippen molar-refractivity contribution in [1.29, 1.82) is 0 Å². The first-order chi connectivity index (χ1) is 14.2. The van der Waals surface area contributed by atoms with Gasteiger partial charge in [-0.15, -0.1) is 0 Å². The third-order valence-electron chi connectivity index (χ3n) is 5.56. The van der Waals surface area contributed by atoms with Crippen molar-refractivity contribution >= 4 is 5.91 Å². The molecule has 2 aromatic heterocycles. The Hall–Kier alpha value is -2.69. The van der Waals surface area contributed by atoms with Gasteiger partial charge in [-0.25, -0.2) is 0 Å². The van der Waals surface area contributed by atoms with E-state index in [-0.39, 0.29) is 36.5 Å². The van der Waals surface area contributed by atoms with Crippen LogP contribution in [0.5, 0.6) is 5.75 Å². The van der Waals surface area contributed by atoms with Crippen molar-refractivity contribution in [3.63, 3.8) is 0 Å². The molecule has 2 aliphatic rings. The first-order valence-corrected chi connectivity index (χ1v) is 9.59. The van der Waals surface area contributed by atoms with Crippen molar-refractivity contribution < 1.29 is 32.0 Å². The summed E-state index contributed by atoms with van der Waals surface area (Å²) in [5, 5.41) is 3.38. The molecule has 0 unspecified atom stereocenters. The maximum atomic E-state index is 13.3. The van der Waals surface area contributed by atoms with Crippen LogP contribution in [0.15, 0.2) is 16.8 Å². The van der Waals surface area contributed by atoms with E-state index in [1.165, 1.54) is 12.3 Å². The lowest BCUT2D eigenvalue weighted by molar-refractivity contribution is -0.159. The molecule has 0 saturated carbocycles. The maximum absolute atomic E-state index is 13.3. The second-order valence-electron chi connectivity index (χ2n) is 7.86. The first kappa shape index (κ1) is 20.6. The van der Waals surface area contributed by atoms with Crippen molar-refractivity contribution in [2.24, 2.45) is 5.41 Å². The van der Waals surface area contributed by atoms with Crippen molar-refractivity contribution in [2.45, 2.75) is 45.5 Å². The SMILES string of the molecule is C[C@H]1COc2cc(-c3noc(C(F)(F)F)n3)cnc2CN1C(=O)C1(C)CCOCC1. The molecule has 11 heteroatoms. The predicted octanol–water partition coefficient (Wildman–Crippen LogP) is 3.08. The zero-order valence-electron chi connectivity index (χ0n) is 16.5. The van der Waals surface area contributed by atoms with Gasteiger partial charge in [-0.2, -0.15) is 18.2 Å². The zero-order chi connectivity index (χ0) is 21.5. The van der Waals surface area contributed by atoms with Crippen LogP contribution in [0.1, 0.15) is 38.3 Å². The molecule has 4 rings (SSSR count). The molecule has 162 valence electrons. The molecule has 1 amide bonds. The molecule has 4 heterocycles. The predicted molar refractivity (Wildman–Crippen MR) is 96.2 cm³/mol. The molecule has 1 fully saturated rings. The number of halogens is 3. The molecular weight excluding hydrogens is 405 g/mol. The van der Waals surface area contributed by atoms with Crippen molar-refractivity contribution in [3.05, 3.63) is 23.8 Å². The Bertz CT molecular complexity index is 940. The summed E-state index contributed by atoms with van der Waals surface area (Å²) in [6.45, 7) is 5.40. The van der Waals surface area contributed by atoms with Crippen LogP contribution >= 0.6 is 0 Å². The monoisotopic (exact) mass is 426 g/mol. The second kappa shape index (κ2) is 7.53. The Morgan fingerprint density at radius 3 is 2.70 bits per heavy atom. The summed E-state index contributed by atoms with van der Waals surface area (Å²) in [6, 6.07) is 1.32. The van der Waals surface area contributed by atoms with E-state index in [9.17, 15) is 18.0 Å². The fourth-order valence-corrected chi connectivity index (χ4v) is 3.57. The third kappa shape index (κ3) is 3.85. The number of hydrogen-bond donors (Lipinski definition) is 0. The minimum absolute atomic E-state index is 0.0219. The van der Waals surface area contributed by atoms with Gasteiger partial charge < -0.3 is 18.9 Å². The second-order valence-corrected chi connectivity index (χ2v) is 7.86. The van der Waals surface area contributed by atoms with E-state index in [1.807, 2.05) is 13.8 Å². The number of amides is 1. The molecule has 8 nitrogen and oxygen atoms in total. The number of carbonyl (C=O) groups excluding carboxylic acids is 1. The highest BCUT2D eigenvalue weighted by Gasteiger charge is 2.41. The lowest BCUT2D eigenvalue weighted by Gasteiger charge is -2.38. The summed E-state index contributed by atoms with van der Waals surface area (Å²) < 4.78 is 53.6. The molecular formula is C19H21F3N4O4. The molecule has 1 saturated heterocycles. The Labute approximate surface area is 170 Å². The van der Waals surface area contributed by atoms with Crippen LogP contribution < -0.4 is 4.74 Å². The zero-order valence-corrected chi connectivity index (χ0v) is 16.5. The van der Waals surface area contributed by atoms with Crippen molar-refractivity contribution in [2.75, 3.05) is 19.8 Å². The van der Waals surface area contributed by atoms with E-state index in [4.69, 9.17) is 9.47 Å². The average molecular weight is 426 g/mol. The van der Waals surface area contributed by atoms with E-state index in [0.29, 0.717) is 37.5 Å². The number of fused-ring (bicyclic) bond motifs is 1. The molecule has 30 heavy (non-hydrogen) atoms. The fraction of sp³-hybridized carbons (Fsp3) is 0.579. The summed E-state index contributed by atoms with van der Waals surface area (Å²) in [5.41, 5.74) is 0.249. The van der Waals surface area contributed by atoms with Gasteiger partial charge in [0.25, 0.3) is 0 Å². The number of alkyl halides is 3. The van der Waals surface area contributed by atoms with Crippen LogP contribution in [0.2, 0.25) is 0 Å².